The van der Waals surface area contributed by atoms with Gasteiger partial charge in [-0.15, -0.1) is 0 Å². The summed E-state index contributed by atoms with van der Waals surface area (Å²) in [4.78, 5) is 0. The Morgan fingerprint density at radius 2 is 2.33 bits per heavy atom. The third-order valence-corrected chi connectivity index (χ3v) is 4.18. The van der Waals surface area contributed by atoms with Crippen LogP contribution in [0, 0.1) is 0 Å². The van der Waals surface area contributed by atoms with E-state index in [1.54, 1.807) is 12.3 Å². The minimum absolute atomic E-state index is 0.201. The van der Waals surface area contributed by atoms with Crippen molar-refractivity contribution >= 4 is 27.5 Å². The molecule has 18 heavy (non-hydrogen) atoms. The van der Waals surface area contributed by atoms with E-state index in [0.29, 0.717) is 11.6 Å². The molecule has 2 N–H and O–H groups in total. The van der Waals surface area contributed by atoms with Crippen molar-refractivity contribution in [1.82, 2.24) is 9.78 Å². The predicted molar refractivity (Wildman–Crippen MR) is 74.6 cm³/mol. The van der Waals surface area contributed by atoms with Crippen LogP contribution in [0.1, 0.15) is 29.9 Å². The van der Waals surface area contributed by atoms with E-state index >= 15 is 0 Å². The molecule has 0 aliphatic heterocycles. The number of aryl methyl sites for hydroxylation is 2. The molecule has 0 aliphatic rings. The van der Waals surface area contributed by atoms with E-state index in [1.165, 1.54) is 0 Å². The molecule has 0 saturated heterocycles. The average Bonchev–Trinajstić information content (AvgIpc) is 2.87. The molecule has 2 aromatic heterocycles. The van der Waals surface area contributed by atoms with Gasteiger partial charge >= 0.3 is 0 Å². The number of hydrogen-bond donors (Lipinski definition) is 1. The summed E-state index contributed by atoms with van der Waals surface area (Å²) in [5.41, 5.74) is 9.08. The highest BCUT2D eigenvalue weighted by Crippen LogP contribution is 2.29. The molecule has 0 amide bonds. The maximum atomic E-state index is 6.15. The van der Waals surface area contributed by atoms with E-state index in [4.69, 9.17) is 21.8 Å². The summed E-state index contributed by atoms with van der Waals surface area (Å²) in [7, 11) is 1.92. The van der Waals surface area contributed by atoms with Gasteiger partial charge in [0.25, 0.3) is 0 Å². The number of furan rings is 1. The number of hydrogen-bond acceptors (Lipinski definition) is 3. The molecule has 0 radical (unpaired) electrons. The largest absolute Gasteiger partial charge is 0.453 e. The van der Waals surface area contributed by atoms with Crippen LogP contribution >= 0.6 is 27.5 Å². The minimum Gasteiger partial charge on any atom is -0.453 e. The number of rotatable bonds is 4. The Hall–Kier alpha value is -0.780. The lowest BCUT2D eigenvalue weighted by molar-refractivity contribution is 0.558. The molecule has 0 aromatic carbocycles. The number of halogens is 2. The predicted octanol–water partition coefficient (Wildman–Crippen LogP) is 3.23. The second-order valence-corrected chi connectivity index (χ2v) is 5.28. The van der Waals surface area contributed by atoms with Gasteiger partial charge in [0.05, 0.1) is 22.1 Å². The Balaban J connectivity index is 2.24. The van der Waals surface area contributed by atoms with Gasteiger partial charge in [0.1, 0.15) is 0 Å². The van der Waals surface area contributed by atoms with Crippen LogP contribution in [-0.2, 0) is 19.9 Å². The SMILES string of the molecule is CCc1nn(C)c(CC(N)c2ccoc2Cl)c1Br. The molecule has 1 unspecified atom stereocenters. The smallest absolute Gasteiger partial charge is 0.197 e. The van der Waals surface area contributed by atoms with Crippen LogP contribution < -0.4 is 5.73 Å². The van der Waals surface area contributed by atoms with Crippen LogP contribution in [0.4, 0.5) is 0 Å². The quantitative estimate of drug-likeness (QED) is 0.935. The van der Waals surface area contributed by atoms with Crippen molar-refractivity contribution < 1.29 is 4.42 Å². The third-order valence-electron chi connectivity index (χ3n) is 2.96. The van der Waals surface area contributed by atoms with Crippen LogP contribution in [0.15, 0.2) is 21.2 Å². The highest BCUT2D eigenvalue weighted by Gasteiger charge is 2.19. The van der Waals surface area contributed by atoms with Crippen molar-refractivity contribution in [3.05, 3.63) is 39.0 Å². The second-order valence-electron chi connectivity index (χ2n) is 4.14. The zero-order chi connectivity index (χ0) is 13.3. The Morgan fingerprint density at radius 3 is 2.83 bits per heavy atom. The molecule has 2 rings (SSSR count). The lowest BCUT2D eigenvalue weighted by atomic mass is 10.1. The molecule has 0 saturated carbocycles. The summed E-state index contributed by atoms with van der Waals surface area (Å²) < 4.78 is 7.95. The molecule has 98 valence electrons. The zero-order valence-electron chi connectivity index (χ0n) is 10.3. The molecule has 1 atom stereocenters. The van der Waals surface area contributed by atoms with Crippen LogP contribution in [0.25, 0.3) is 0 Å². The van der Waals surface area contributed by atoms with Crippen molar-refractivity contribution in [2.24, 2.45) is 12.8 Å². The first kappa shape index (κ1) is 13.6. The highest BCUT2D eigenvalue weighted by atomic mass is 79.9. The standard InChI is InChI=1S/C12H15BrClN3O/c1-3-9-11(13)10(17(2)16-9)6-8(15)7-4-5-18-12(7)14/h4-5,8H,3,6,15H2,1-2H3. The first-order valence-electron chi connectivity index (χ1n) is 5.73. The van der Waals surface area contributed by atoms with Gasteiger partial charge in [0.2, 0.25) is 0 Å². The van der Waals surface area contributed by atoms with Crippen molar-refractivity contribution in [1.29, 1.82) is 0 Å². The lowest BCUT2D eigenvalue weighted by Gasteiger charge is -2.10. The Kier molecular flexibility index (Phi) is 4.14. The first-order chi connectivity index (χ1) is 8.54. The summed E-state index contributed by atoms with van der Waals surface area (Å²) in [5.74, 6) is 0. The van der Waals surface area contributed by atoms with Gasteiger partial charge in [-0.3, -0.25) is 4.68 Å². The first-order valence-corrected chi connectivity index (χ1v) is 6.90. The number of aromatic nitrogens is 2. The van der Waals surface area contributed by atoms with Crippen LogP contribution in [0.5, 0.6) is 0 Å². The Morgan fingerprint density at radius 1 is 1.61 bits per heavy atom. The monoisotopic (exact) mass is 331 g/mol. The van der Waals surface area contributed by atoms with E-state index < -0.39 is 0 Å². The van der Waals surface area contributed by atoms with E-state index in [9.17, 15) is 0 Å². The zero-order valence-corrected chi connectivity index (χ0v) is 12.6. The van der Waals surface area contributed by atoms with Gasteiger partial charge < -0.3 is 10.2 Å². The molecular weight excluding hydrogens is 318 g/mol. The van der Waals surface area contributed by atoms with Gasteiger partial charge in [0, 0.05) is 25.1 Å². The maximum absolute atomic E-state index is 6.15. The fraction of sp³-hybridized carbons (Fsp3) is 0.417. The molecule has 0 aliphatic carbocycles. The van der Waals surface area contributed by atoms with Crippen molar-refractivity contribution in [3.63, 3.8) is 0 Å². The van der Waals surface area contributed by atoms with E-state index in [0.717, 1.165) is 27.8 Å². The van der Waals surface area contributed by atoms with Gasteiger partial charge in [-0.1, -0.05) is 6.92 Å². The van der Waals surface area contributed by atoms with Gasteiger partial charge in [-0.25, -0.2) is 0 Å². The molecule has 0 bridgehead atoms. The molecule has 0 spiro atoms. The van der Waals surface area contributed by atoms with Crippen LogP contribution in [0.3, 0.4) is 0 Å². The number of nitrogens with zero attached hydrogens (tertiary/aromatic N) is 2. The van der Waals surface area contributed by atoms with E-state index in [1.807, 2.05) is 11.7 Å². The number of nitrogens with two attached hydrogens (primary N) is 1. The highest BCUT2D eigenvalue weighted by molar-refractivity contribution is 9.10. The topological polar surface area (TPSA) is 57.0 Å². The lowest BCUT2D eigenvalue weighted by Crippen LogP contribution is -2.15. The van der Waals surface area contributed by atoms with Gasteiger partial charge in [-0.05, 0) is 40.0 Å². The minimum atomic E-state index is -0.201. The Labute approximate surface area is 119 Å². The summed E-state index contributed by atoms with van der Waals surface area (Å²) in [6.07, 6.45) is 3.09. The van der Waals surface area contributed by atoms with Crippen molar-refractivity contribution in [3.8, 4) is 0 Å². The summed E-state index contributed by atoms with van der Waals surface area (Å²) in [6, 6.07) is 1.60. The van der Waals surface area contributed by atoms with Crippen LogP contribution in [0.2, 0.25) is 5.22 Å². The third kappa shape index (κ3) is 2.48. The van der Waals surface area contributed by atoms with Crippen LogP contribution in [-0.4, -0.2) is 9.78 Å². The summed E-state index contributed by atoms with van der Waals surface area (Å²) in [6.45, 7) is 2.07. The van der Waals surface area contributed by atoms with Crippen molar-refractivity contribution in [2.45, 2.75) is 25.8 Å². The Bertz CT molecular complexity index is 550. The van der Waals surface area contributed by atoms with E-state index in [2.05, 4.69) is 28.0 Å². The summed E-state index contributed by atoms with van der Waals surface area (Å²) >= 11 is 9.51. The molecule has 2 heterocycles. The summed E-state index contributed by atoms with van der Waals surface area (Å²) in [5, 5.41) is 4.80. The molecule has 2 aromatic rings. The molecule has 6 heteroatoms. The molecule has 4 nitrogen and oxygen atoms in total. The second kappa shape index (κ2) is 5.47. The van der Waals surface area contributed by atoms with Gasteiger partial charge in [0.15, 0.2) is 5.22 Å². The molecular formula is C12H15BrClN3O. The van der Waals surface area contributed by atoms with Gasteiger partial charge in [-0.2, -0.15) is 5.10 Å². The fourth-order valence-corrected chi connectivity index (χ4v) is 2.96. The fourth-order valence-electron chi connectivity index (χ4n) is 1.93. The van der Waals surface area contributed by atoms with E-state index in [-0.39, 0.29) is 6.04 Å². The molecule has 0 fully saturated rings. The average molecular weight is 333 g/mol. The van der Waals surface area contributed by atoms with Crippen molar-refractivity contribution in [2.75, 3.05) is 0 Å². The normalized spacial score (nSPS) is 12.9. The maximum Gasteiger partial charge on any atom is 0.197 e.